The molecule has 0 spiro atoms. The zero-order valence-electron chi connectivity index (χ0n) is 8.91. The first-order valence-corrected chi connectivity index (χ1v) is 5.71. The molecule has 0 aromatic rings. The molecule has 4 heteroatoms. The van der Waals surface area contributed by atoms with Crippen molar-refractivity contribution in [1.29, 1.82) is 5.26 Å². The molecule has 0 radical (unpaired) electrons. The van der Waals surface area contributed by atoms with E-state index < -0.39 is 0 Å². The van der Waals surface area contributed by atoms with E-state index in [0.717, 1.165) is 12.8 Å². The highest BCUT2D eigenvalue weighted by Gasteiger charge is 2.32. The zero-order chi connectivity index (χ0) is 10.7. The summed E-state index contributed by atoms with van der Waals surface area (Å²) >= 11 is 0. The van der Waals surface area contributed by atoms with Gasteiger partial charge < -0.3 is 10.2 Å². The minimum atomic E-state index is 0.166. The average Bonchev–Trinajstić information content (AvgIpc) is 3.08. The Morgan fingerprint density at radius 2 is 2.13 bits per heavy atom. The first-order valence-electron chi connectivity index (χ1n) is 5.71. The van der Waals surface area contributed by atoms with Crippen LogP contribution in [0.5, 0.6) is 0 Å². The van der Waals surface area contributed by atoms with Gasteiger partial charge in [0.15, 0.2) is 0 Å². The maximum Gasteiger partial charge on any atom is 0.236 e. The number of rotatable bonds is 6. The van der Waals surface area contributed by atoms with Crippen molar-refractivity contribution in [3.05, 3.63) is 0 Å². The molecule has 0 atom stereocenters. The molecule has 0 aromatic heterocycles. The van der Waals surface area contributed by atoms with Gasteiger partial charge in [-0.1, -0.05) is 0 Å². The number of carbonyl (C=O) groups is 1. The van der Waals surface area contributed by atoms with Crippen LogP contribution in [0.25, 0.3) is 0 Å². The maximum atomic E-state index is 11.8. The Hall–Kier alpha value is -1.08. The molecule has 15 heavy (non-hydrogen) atoms. The smallest absolute Gasteiger partial charge is 0.236 e. The van der Waals surface area contributed by atoms with Gasteiger partial charge in [0.05, 0.1) is 19.0 Å². The molecule has 2 saturated carbocycles. The lowest BCUT2D eigenvalue weighted by molar-refractivity contribution is -0.130. The van der Waals surface area contributed by atoms with E-state index in [1.165, 1.54) is 12.8 Å². The third kappa shape index (κ3) is 3.21. The minimum absolute atomic E-state index is 0.166. The van der Waals surface area contributed by atoms with Crippen LogP contribution in [0, 0.1) is 11.3 Å². The van der Waals surface area contributed by atoms with Gasteiger partial charge >= 0.3 is 0 Å². The molecule has 0 aliphatic heterocycles. The predicted molar refractivity (Wildman–Crippen MR) is 56.0 cm³/mol. The third-order valence-electron chi connectivity index (χ3n) is 2.89. The Kier molecular flexibility index (Phi) is 3.22. The molecule has 2 fully saturated rings. The lowest BCUT2D eigenvalue weighted by Crippen LogP contribution is -2.40. The van der Waals surface area contributed by atoms with Crippen molar-refractivity contribution in [2.24, 2.45) is 0 Å². The second-order valence-corrected chi connectivity index (χ2v) is 4.38. The van der Waals surface area contributed by atoms with Gasteiger partial charge in [-0.05, 0) is 25.7 Å². The first kappa shape index (κ1) is 10.4. The third-order valence-corrected chi connectivity index (χ3v) is 2.89. The molecule has 0 heterocycles. The quantitative estimate of drug-likeness (QED) is 0.695. The highest BCUT2D eigenvalue weighted by molar-refractivity contribution is 5.79. The summed E-state index contributed by atoms with van der Waals surface area (Å²) in [7, 11) is 0. The summed E-state index contributed by atoms with van der Waals surface area (Å²) in [6.45, 7) is 1.05. The zero-order valence-corrected chi connectivity index (χ0v) is 8.91. The van der Waals surface area contributed by atoms with Crippen molar-refractivity contribution in [2.75, 3.05) is 13.1 Å². The largest absolute Gasteiger partial charge is 0.338 e. The Balaban J connectivity index is 1.74. The summed E-state index contributed by atoms with van der Waals surface area (Å²) in [5.41, 5.74) is 0. The fourth-order valence-corrected chi connectivity index (χ4v) is 1.69. The van der Waals surface area contributed by atoms with Gasteiger partial charge in [0, 0.05) is 18.6 Å². The molecule has 0 saturated heterocycles. The van der Waals surface area contributed by atoms with Crippen molar-refractivity contribution in [1.82, 2.24) is 10.2 Å². The summed E-state index contributed by atoms with van der Waals surface area (Å²) in [4.78, 5) is 13.7. The Labute approximate surface area is 90.2 Å². The highest BCUT2D eigenvalue weighted by Crippen LogP contribution is 2.27. The van der Waals surface area contributed by atoms with E-state index in [2.05, 4.69) is 11.4 Å². The van der Waals surface area contributed by atoms with Crippen LogP contribution in [0.1, 0.15) is 32.1 Å². The van der Waals surface area contributed by atoms with E-state index in [1.54, 1.807) is 0 Å². The maximum absolute atomic E-state index is 11.8. The number of carbonyl (C=O) groups excluding carboxylic acids is 1. The first-order chi connectivity index (χ1) is 7.31. The molecule has 1 N–H and O–H groups in total. The van der Waals surface area contributed by atoms with E-state index in [9.17, 15) is 4.79 Å². The van der Waals surface area contributed by atoms with E-state index in [-0.39, 0.29) is 5.91 Å². The highest BCUT2D eigenvalue weighted by atomic mass is 16.2. The van der Waals surface area contributed by atoms with E-state index in [4.69, 9.17) is 5.26 Å². The molecule has 82 valence electrons. The molecular weight excluding hydrogens is 190 g/mol. The number of hydrogen-bond acceptors (Lipinski definition) is 3. The summed E-state index contributed by atoms with van der Waals surface area (Å²) in [6, 6.07) is 3.10. The van der Waals surface area contributed by atoms with Gasteiger partial charge in [-0.3, -0.25) is 4.79 Å². The van der Waals surface area contributed by atoms with Crippen LogP contribution in [-0.2, 0) is 4.79 Å². The van der Waals surface area contributed by atoms with Crippen LogP contribution < -0.4 is 5.32 Å². The fraction of sp³-hybridized carbons (Fsp3) is 0.818. The van der Waals surface area contributed by atoms with Crippen molar-refractivity contribution in [2.45, 2.75) is 44.2 Å². The summed E-state index contributed by atoms with van der Waals surface area (Å²) in [5, 5.41) is 11.7. The fourth-order valence-electron chi connectivity index (χ4n) is 1.69. The van der Waals surface area contributed by atoms with Crippen LogP contribution in [0.2, 0.25) is 0 Å². The summed E-state index contributed by atoms with van der Waals surface area (Å²) < 4.78 is 0. The number of nitrogens with zero attached hydrogens (tertiary/aromatic N) is 2. The normalized spacial score (nSPS) is 19.7. The molecule has 2 aliphatic carbocycles. The molecule has 2 rings (SSSR count). The van der Waals surface area contributed by atoms with Gasteiger partial charge in [0.2, 0.25) is 5.91 Å². The van der Waals surface area contributed by atoms with Gasteiger partial charge in [0.1, 0.15) is 0 Å². The predicted octanol–water partition coefficient (Wildman–Crippen LogP) is 0.643. The average molecular weight is 207 g/mol. The number of hydrogen-bond donors (Lipinski definition) is 1. The number of nitrogens with one attached hydrogen (secondary N) is 1. The lowest BCUT2D eigenvalue weighted by atomic mass is 10.3. The van der Waals surface area contributed by atoms with Crippen molar-refractivity contribution in [3.8, 4) is 6.07 Å². The standard InChI is InChI=1S/C11H17N3O/c12-6-1-7-14(10-4-5-10)11(15)8-13-9-2-3-9/h9-10,13H,1-5,7-8H2. The lowest BCUT2D eigenvalue weighted by Gasteiger charge is -2.21. The van der Waals surface area contributed by atoms with Gasteiger partial charge in [-0.25, -0.2) is 0 Å². The van der Waals surface area contributed by atoms with Crippen molar-refractivity contribution >= 4 is 5.91 Å². The van der Waals surface area contributed by atoms with Crippen molar-refractivity contribution in [3.63, 3.8) is 0 Å². The molecular formula is C11H17N3O. The summed E-state index contributed by atoms with van der Waals surface area (Å²) in [6.07, 6.45) is 5.08. The molecule has 0 bridgehead atoms. The van der Waals surface area contributed by atoms with Gasteiger partial charge in [0.25, 0.3) is 0 Å². The van der Waals surface area contributed by atoms with Crippen LogP contribution >= 0.6 is 0 Å². The number of nitriles is 1. The van der Waals surface area contributed by atoms with Gasteiger partial charge in [-0.15, -0.1) is 0 Å². The van der Waals surface area contributed by atoms with E-state index in [0.29, 0.717) is 31.6 Å². The monoisotopic (exact) mass is 207 g/mol. The molecule has 0 unspecified atom stereocenters. The summed E-state index contributed by atoms with van der Waals surface area (Å²) in [5.74, 6) is 0.166. The van der Waals surface area contributed by atoms with E-state index in [1.807, 2.05) is 4.90 Å². The van der Waals surface area contributed by atoms with Crippen LogP contribution in [0.4, 0.5) is 0 Å². The molecule has 4 nitrogen and oxygen atoms in total. The Morgan fingerprint density at radius 3 is 2.67 bits per heavy atom. The van der Waals surface area contributed by atoms with E-state index >= 15 is 0 Å². The van der Waals surface area contributed by atoms with Crippen LogP contribution in [0.3, 0.4) is 0 Å². The second kappa shape index (κ2) is 4.63. The number of amides is 1. The molecule has 1 amide bonds. The topological polar surface area (TPSA) is 56.1 Å². The molecule has 2 aliphatic rings. The van der Waals surface area contributed by atoms with Crippen LogP contribution in [-0.4, -0.2) is 36.0 Å². The SMILES string of the molecule is N#CCCN(C(=O)CNC1CC1)C1CC1. The molecule has 0 aromatic carbocycles. The van der Waals surface area contributed by atoms with Crippen LogP contribution in [0.15, 0.2) is 0 Å². The van der Waals surface area contributed by atoms with Gasteiger partial charge in [-0.2, -0.15) is 5.26 Å². The van der Waals surface area contributed by atoms with Crippen molar-refractivity contribution < 1.29 is 4.79 Å². The minimum Gasteiger partial charge on any atom is -0.338 e. The Morgan fingerprint density at radius 1 is 1.40 bits per heavy atom. The second-order valence-electron chi connectivity index (χ2n) is 4.38. The Bertz CT molecular complexity index is 276.